The lowest BCUT2D eigenvalue weighted by molar-refractivity contribution is -0.121. The molecule has 1 heterocycles. The summed E-state index contributed by atoms with van der Waals surface area (Å²) in [6, 6.07) is 11.8. The Hall–Kier alpha value is -2.39. The Kier molecular flexibility index (Phi) is 11.0. The lowest BCUT2D eigenvalue weighted by atomic mass is 9.73. The molecule has 2 aromatic carbocycles. The Labute approximate surface area is 246 Å². The maximum Gasteiger partial charge on any atom is 0.421 e. The Balaban J connectivity index is 2.41. The minimum atomic E-state index is -4.35. The molecule has 232 valence electrons. The molecule has 2 amide bonds. The molecule has 0 aromatic heterocycles. The van der Waals surface area contributed by atoms with Gasteiger partial charge in [-0.1, -0.05) is 30.3 Å². The van der Waals surface area contributed by atoms with E-state index in [-0.39, 0.29) is 43.2 Å². The van der Waals surface area contributed by atoms with Crippen molar-refractivity contribution >= 4 is 32.9 Å². The number of fused-ring (bicyclic) bond motifs is 1. The van der Waals surface area contributed by atoms with E-state index in [1.165, 1.54) is 18.2 Å². The van der Waals surface area contributed by atoms with E-state index >= 15 is 0 Å². The maximum atomic E-state index is 14.8. The number of carbonyl (C=O) groups is 2. The van der Waals surface area contributed by atoms with Gasteiger partial charge in [-0.2, -0.15) is 0 Å². The average molecular weight is 628 g/mol. The molecule has 0 radical (unpaired) electrons. The third-order valence-electron chi connectivity index (χ3n) is 6.52. The van der Waals surface area contributed by atoms with Crippen molar-refractivity contribution < 1.29 is 45.9 Å². The Morgan fingerprint density at radius 3 is 1.88 bits per heavy atom. The highest BCUT2D eigenvalue weighted by atomic mass is 31.2. The first-order valence-corrected chi connectivity index (χ1v) is 17.2. The summed E-state index contributed by atoms with van der Waals surface area (Å²) in [7, 11) is -8.69. The molecule has 0 unspecified atom stereocenters. The van der Waals surface area contributed by atoms with Crippen LogP contribution in [-0.2, 0) is 42.2 Å². The normalized spacial score (nSPS) is 17.5. The standard InChI is InChI=1S/C29H40FNO9P2/c1-8-36-41(34,37-9-2)25(42(35,38-10-3)39-11-4)20-29(21-15-14-16-22(30)19-21)23-17-12-13-18-24(23)31(26(29)32)27(33)40-28(5,6)7/h12-19,25H,8-11,20H2,1-7H3/t29-/m1/s1. The molecule has 3 rings (SSSR count). The van der Waals surface area contributed by atoms with Gasteiger partial charge >= 0.3 is 21.3 Å². The summed E-state index contributed by atoms with van der Waals surface area (Å²) in [5, 5.41) is -1.64. The third kappa shape index (κ3) is 6.72. The van der Waals surface area contributed by atoms with Crippen LogP contribution in [0.15, 0.2) is 48.5 Å². The van der Waals surface area contributed by atoms with Crippen molar-refractivity contribution in [1.82, 2.24) is 0 Å². The fourth-order valence-corrected chi connectivity index (χ4v) is 10.5. The second-order valence-corrected chi connectivity index (χ2v) is 15.3. The summed E-state index contributed by atoms with van der Waals surface area (Å²) in [5.74, 6) is -1.47. The molecule has 1 aliphatic heterocycles. The second kappa shape index (κ2) is 13.5. The first-order chi connectivity index (χ1) is 19.7. The quantitative estimate of drug-likeness (QED) is 0.207. The van der Waals surface area contributed by atoms with Crippen LogP contribution in [0.2, 0.25) is 0 Å². The fraction of sp³-hybridized carbons (Fsp3) is 0.517. The number of hydrogen-bond acceptors (Lipinski definition) is 9. The van der Waals surface area contributed by atoms with Crippen molar-refractivity contribution in [3.8, 4) is 0 Å². The molecule has 0 spiro atoms. The molecule has 13 heteroatoms. The number of ether oxygens (including phenoxy) is 1. The molecule has 0 N–H and O–H groups in total. The number of halogens is 1. The van der Waals surface area contributed by atoms with Gasteiger partial charge in [0.1, 0.15) is 16.8 Å². The van der Waals surface area contributed by atoms with Gasteiger partial charge in [-0.05, 0) is 84.2 Å². The summed E-state index contributed by atoms with van der Waals surface area (Å²) >= 11 is 0. The largest absolute Gasteiger partial charge is 0.443 e. The summed E-state index contributed by atoms with van der Waals surface area (Å²) in [4.78, 5) is 29.1. The van der Waals surface area contributed by atoms with Crippen LogP contribution >= 0.6 is 15.2 Å². The topological polar surface area (TPSA) is 118 Å². The zero-order chi connectivity index (χ0) is 31.3. The van der Waals surface area contributed by atoms with Crippen LogP contribution in [0, 0.1) is 5.82 Å². The molecule has 1 atom stereocenters. The number of rotatable bonds is 13. The number of para-hydroxylation sites is 1. The highest BCUT2D eigenvalue weighted by molar-refractivity contribution is 7.72. The predicted molar refractivity (Wildman–Crippen MR) is 157 cm³/mol. The molecule has 42 heavy (non-hydrogen) atoms. The minimum absolute atomic E-state index is 0.0758. The van der Waals surface area contributed by atoms with Crippen LogP contribution in [0.3, 0.4) is 0 Å². The molecular weight excluding hydrogens is 587 g/mol. The number of imide groups is 1. The maximum absolute atomic E-state index is 14.8. The van der Waals surface area contributed by atoms with Crippen LogP contribution in [0.25, 0.3) is 0 Å². The first-order valence-electron chi connectivity index (χ1n) is 13.9. The Morgan fingerprint density at radius 1 is 0.881 bits per heavy atom. The first kappa shape index (κ1) is 34.1. The lowest BCUT2D eigenvalue weighted by Gasteiger charge is -2.37. The van der Waals surface area contributed by atoms with E-state index < -0.39 is 55.8 Å². The van der Waals surface area contributed by atoms with Crippen molar-refractivity contribution in [3.63, 3.8) is 0 Å². The van der Waals surface area contributed by atoms with Gasteiger partial charge in [-0.25, -0.2) is 14.1 Å². The van der Waals surface area contributed by atoms with Gasteiger partial charge in [-0.15, -0.1) is 0 Å². The van der Waals surface area contributed by atoms with Gasteiger partial charge in [0.05, 0.1) is 32.1 Å². The Bertz CT molecular complexity index is 1330. The van der Waals surface area contributed by atoms with Crippen molar-refractivity contribution in [3.05, 3.63) is 65.5 Å². The van der Waals surface area contributed by atoms with Crippen LogP contribution in [0.5, 0.6) is 0 Å². The van der Waals surface area contributed by atoms with Crippen molar-refractivity contribution in [2.45, 2.75) is 71.3 Å². The molecular formula is C29H40FNO9P2. The molecule has 10 nitrogen and oxygen atoms in total. The molecule has 0 saturated carbocycles. The van der Waals surface area contributed by atoms with Crippen molar-refractivity contribution in [1.29, 1.82) is 0 Å². The van der Waals surface area contributed by atoms with Crippen LogP contribution in [0.1, 0.15) is 66.0 Å². The van der Waals surface area contributed by atoms with Crippen molar-refractivity contribution in [2.75, 3.05) is 31.3 Å². The van der Waals surface area contributed by atoms with Crippen LogP contribution in [0.4, 0.5) is 14.9 Å². The smallest absolute Gasteiger partial charge is 0.421 e. The molecule has 1 aliphatic rings. The number of benzene rings is 2. The molecule has 0 saturated heterocycles. The molecule has 0 bridgehead atoms. The monoisotopic (exact) mass is 627 g/mol. The zero-order valence-corrected chi connectivity index (χ0v) is 26.9. The zero-order valence-electron chi connectivity index (χ0n) is 25.1. The number of amides is 2. The highest BCUT2D eigenvalue weighted by Gasteiger charge is 2.62. The minimum Gasteiger partial charge on any atom is -0.443 e. The number of carbonyl (C=O) groups excluding carboxylic acids is 2. The van der Waals surface area contributed by atoms with Crippen LogP contribution < -0.4 is 4.90 Å². The fourth-order valence-electron chi connectivity index (χ4n) is 5.09. The van der Waals surface area contributed by atoms with Gasteiger partial charge in [0.15, 0.2) is 5.40 Å². The Morgan fingerprint density at radius 2 is 1.40 bits per heavy atom. The molecule has 0 fully saturated rings. The summed E-state index contributed by atoms with van der Waals surface area (Å²) in [5.41, 5.74) is -2.23. The van der Waals surface area contributed by atoms with E-state index in [9.17, 15) is 23.1 Å². The van der Waals surface area contributed by atoms with Gasteiger partial charge < -0.3 is 22.8 Å². The van der Waals surface area contributed by atoms with E-state index in [2.05, 4.69) is 0 Å². The van der Waals surface area contributed by atoms with Gasteiger partial charge in [-0.3, -0.25) is 13.9 Å². The van der Waals surface area contributed by atoms with Crippen molar-refractivity contribution in [2.24, 2.45) is 0 Å². The van der Waals surface area contributed by atoms with E-state index in [1.54, 1.807) is 72.7 Å². The summed E-state index contributed by atoms with van der Waals surface area (Å²) in [6.45, 7) is 11.1. The van der Waals surface area contributed by atoms with Gasteiger partial charge in [0.2, 0.25) is 0 Å². The van der Waals surface area contributed by atoms with E-state index in [4.69, 9.17) is 22.8 Å². The third-order valence-corrected chi connectivity index (χ3v) is 12.5. The van der Waals surface area contributed by atoms with Crippen LogP contribution in [-0.4, -0.2) is 49.4 Å². The molecule has 0 aliphatic carbocycles. The summed E-state index contributed by atoms with van der Waals surface area (Å²) < 4.78 is 72.0. The van der Waals surface area contributed by atoms with Gasteiger partial charge in [0.25, 0.3) is 5.91 Å². The van der Waals surface area contributed by atoms with Gasteiger partial charge in [0, 0.05) is 0 Å². The molecule has 2 aromatic rings. The number of anilines is 1. The highest BCUT2D eigenvalue weighted by Crippen LogP contribution is 2.73. The number of nitrogens with zero attached hydrogens (tertiary/aromatic N) is 1. The summed E-state index contributed by atoms with van der Waals surface area (Å²) in [6.07, 6.45) is -1.48. The predicted octanol–water partition coefficient (Wildman–Crippen LogP) is 7.64. The average Bonchev–Trinajstić information content (AvgIpc) is 3.15. The van der Waals surface area contributed by atoms with E-state index in [0.717, 1.165) is 11.0 Å². The van der Waals surface area contributed by atoms with E-state index in [0.29, 0.717) is 0 Å². The SMILES string of the molecule is CCOP(=O)(OCC)C(C[C@]1(c2cccc(F)c2)C(=O)N(C(=O)OC(C)(C)C)c2ccccc21)P(=O)(OCC)OCC. The van der Waals surface area contributed by atoms with E-state index in [1.807, 2.05) is 0 Å². The number of hydrogen-bond donors (Lipinski definition) is 0. The lowest BCUT2D eigenvalue weighted by Crippen LogP contribution is -2.47. The second-order valence-electron chi connectivity index (χ2n) is 10.5.